The molecule has 0 saturated heterocycles. The molecule has 0 aromatic carbocycles. The average Bonchev–Trinajstić information content (AvgIpc) is 1.59. The minimum Gasteiger partial charge on any atom is -0.285 e. The minimum atomic E-state index is -2.92. The van der Waals surface area contributed by atoms with Gasteiger partial charge >= 0.3 is 0 Å². The van der Waals surface area contributed by atoms with E-state index in [-0.39, 0.29) is 0 Å². The topological polar surface area (TPSA) is 17.1 Å². The molecule has 0 fully saturated rings. The smallest absolute Gasteiger partial charge is 0.274 e. The third kappa shape index (κ3) is 6.55. The summed E-state index contributed by atoms with van der Waals surface area (Å²) >= 11 is 10.3. The van der Waals surface area contributed by atoms with Crippen LogP contribution in [0.5, 0.6) is 0 Å². The van der Waals surface area contributed by atoms with E-state index in [1.54, 1.807) is 6.08 Å². The lowest BCUT2D eigenvalue weighted by atomic mass is 10.5. The van der Waals surface area contributed by atoms with Gasteiger partial charge in [-0.25, -0.2) is 0 Å². The van der Waals surface area contributed by atoms with Crippen LogP contribution < -0.4 is 0 Å². The maximum Gasteiger partial charge on any atom is 0.274 e. The van der Waals surface area contributed by atoms with E-state index >= 15 is 0 Å². The zero-order chi connectivity index (χ0) is 6.62. The zero-order valence-corrected chi connectivity index (χ0v) is 6.88. The molecule has 48 valence electrons. The Bertz CT molecular complexity index is 126. The number of rotatable bonds is 2. The van der Waals surface area contributed by atoms with Gasteiger partial charge in [0.25, 0.3) is 5.85 Å². The van der Waals surface area contributed by atoms with Gasteiger partial charge in [-0.05, 0) is 34.7 Å². The lowest BCUT2D eigenvalue weighted by molar-refractivity contribution is 0.597. The number of allylic oxidation sites excluding steroid dienone is 1. The molecule has 0 spiro atoms. The Morgan fingerprint density at radius 2 is 2.12 bits per heavy atom. The third-order valence-electron chi connectivity index (χ3n) is 0.515. The lowest BCUT2D eigenvalue weighted by Crippen LogP contribution is -1.50. The van der Waals surface area contributed by atoms with Crippen molar-refractivity contribution in [2.75, 3.05) is 0 Å². The fourth-order valence-corrected chi connectivity index (χ4v) is 1.16. The Morgan fingerprint density at radius 1 is 1.62 bits per heavy atom. The first-order valence-corrected chi connectivity index (χ1v) is 5.81. The van der Waals surface area contributed by atoms with Crippen molar-refractivity contribution < 1.29 is 4.57 Å². The second-order valence-corrected chi connectivity index (χ2v) is 6.13. The number of halogens is 2. The van der Waals surface area contributed by atoms with Crippen molar-refractivity contribution >= 4 is 28.3 Å². The second kappa shape index (κ2) is 3.55. The van der Waals surface area contributed by atoms with Crippen LogP contribution in [0.2, 0.25) is 0 Å². The van der Waals surface area contributed by atoms with Crippen LogP contribution in [0.25, 0.3) is 0 Å². The SMILES string of the molecule is CCC=CP(=O)(Cl)Cl. The molecule has 0 bridgehead atoms. The van der Waals surface area contributed by atoms with Crippen LogP contribution in [-0.2, 0) is 4.57 Å². The number of hydrogen-bond donors (Lipinski definition) is 0. The summed E-state index contributed by atoms with van der Waals surface area (Å²) in [5.41, 5.74) is 0. The zero-order valence-electron chi connectivity index (χ0n) is 4.47. The molecule has 0 saturated carbocycles. The first kappa shape index (κ1) is 8.55. The van der Waals surface area contributed by atoms with E-state index in [2.05, 4.69) is 0 Å². The Kier molecular flexibility index (Phi) is 3.80. The second-order valence-electron chi connectivity index (χ2n) is 1.30. The first-order valence-electron chi connectivity index (χ1n) is 2.23. The van der Waals surface area contributed by atoms with E-state index in [0.717, 1.165) is 6.42 Å². The van der Waals surface area contributed by atoms with Crippen LogP contribution in [0.15, 0.2) is 11.9 Å². The van der Waals surface area contributed by atoms with Gasteiger partial charge in [0.15, 0.2) is 0 Å². The van der Waals surface area contributed by atoms with Crippen LogP contribution in [0.4, 0.5) is 0 Å². The van der Waals surface area contributed by atoms with E-state index in [1.165, 1.54) is 5.82 Å². The predicted octanol–water partition coefficient (Wildman–Crippen LogP) is 3.58. The van der Waals surface area contributed by atoms with Crippen LogP contribution in [-0.4, -0.2) is 0 Å². The summed E-state index contributed by atoms with van der Waals surface area (Å²) in [6.45, 7) is 1.92. The molecule has 0 heterocycles. The van der Waals surface area contributed by atoms with Crippen molar-refractivity contribution in [2.24, 2.45) is 0 Å². The highest BCUT2D eigenvalue weighted by Crippen LogP contribution is 2.57. The van der Waals surface area contributed by atoms with E-state index in [4.69, 9.17) is 22.5 Å². The molecule has 0 amide bonds. The van der Waals surface area contributed by atoms with Gasteiger partial charge in [-0.3, -0.25) is 4.57 Å². The average molecular weight is 173 g/mol. The molecule has 0 atom stereocenters. The van der Waals surface area contributed by atoms with Gasteiger partial charge in [-0.15, -0.1) is 0 Å². The summed E-state index contributed by atoms with van der Waals surface area (Å²) in [6, 6.07) is 0. The molecular weight excluding hydrogens is 166 g/mol. The van der Waals surface area contributed by atoms with Crippen molar-refractivity contribution in [3.63, 3.8) is 0 Å². The standard InChI is InChI=1S/C4H7Cl2OP/c1-2-3-4-8(5,6)7/h3-4H,2H2,1H3. The normalized spacial score (nSPS) is 12.9. The summed E-state index contributed by atoms with van der Waals surface area (Å²) in [5, 5.41) is 0. The molecule has 0 aromatic rings. The van der Waals surface area contributed by atoms with Crippen LogP contribution >= 0.6 is 28.3 Å². The minimum absolute atomic E-state index is 0.809. The lowest BCUT2D eigenvalue weighted by Gasteiger charge is -1.86. The molecule has 0 aliphatic rings. The molecule has 0 rings (SSSR count). The van der Waals surface area contributed by atoms with Crippen molar-refractivity contribution in [2.45, 2.75) is 13.3 Å². The fraction of sp³-hybridized carbons (Fsp3) is 0.500. The number of hydrogen-bond acceptors (Lipinski definition) is 1. The molecule has 4 heteroatoms. The quantitative estimate of drug-likeness (QED) is 0.583. The van der Waals surface area contributed by atoms with Crippen molar-refractivity contribution in [3.8, 4) is 0 Å². The van der Waals surface area contributed by atoms with Gasteiger partial charge in [0.05, 0.1) is 0 Å². The Labute approximate surface area is 58.6 Å². The van der Waals surface area contributed by atoms with Crippen LogP contribution in [0.3, 0.4) is 0 Å². The maximum absolute atomic E-state index is 10.4. The molecule has 0 aromatic heterocycles. The summed E-state index contributed by atoms with van der Waals surface area (Å²) in [7, 11) is 0. The Hall–Kier alpha value is 0.550. The summed E-state index contributed by atoms with van der Waals surface area (Å²) in [5.74, 6) is -1.59. The molecule has 1 nitrogen and oxygen atoms in total. The Morgan fingerprint density at radius 3 is 2.25 bits per heavy atom. The summed E-state index contributed by atoms with van der Waals surface area (Å²) < 4.78 is 10.4. The van der Waals surface area contributed by atoms with Gasteiger partial charge < -0.3 is 0 Å². The van der Waals surface area contributed by atoms with E-state index < -0.39 is 5.85 Å². The molecule has 0 unspecified atom stereocenters. The van der Waals surface area contributed by atoms with Gasteiger partial charge in [-0.2, -0.15) is 0 Å². The van der Waals surface area contributed by atoms with Gasteiger partial charge in [0, 0.05) is 0 Å². The highest BCUT2D eigenvalue weighted by molar-refractivity contribution is 8.10. The molecule has 0 aliphatic heterocycles. The Balaban J connectivity index is 3.71. The van der Waals surface area contributed by atoms with Gasteiger partial charge in [0.1, 0.15) is 0 Å². The van der Waals surface area contributed by atoms with Gasteiger partial charge in [-0.1, -0.05) is 13.0 Å². The highest BCUT2D eigenvalue weighted by atomic mass is 35.9. The van der Waals surface area contributed by atoms with E-state index in [1.807, 2.05) is 6.92 Å². The largest absolute Gasteiger partial charge is 0.285 e. The summed E-state index contributed by atoms with van der Waals surface area (Å²) in [4.78, 5) is 0. The van der Waals surface area contributed by atoms with Crippen LogP contribution in [0.1, 0.15) is 13.3 Å². The summed E-state index contributed by atoms with van der Waals surface area (Å²) in [6.07, 6.45) is 2.49. The van der Waals surface area contributed by atoms with Crippen molar-refractivity contribution in [1.82, 2.24) is 0 Å². The predicted molar refractivity (Wildman–Crippen MR) is 38.7 cm³/mol. The van der Waals surface area contributed by atoms with Crippen molar-refractivity contribution in [3.05, 3.63) is 11.9 Å². The molecule has 8 heavy (non-hydrogen) atoms. The highest BCUT2D eigenvalue weighted by Gasteiger charge is 2.04. The third-order valence-corrected chi connectivity index (χ3v) is 1.75. The van der Waals surface area contributed by atoms with E-state index in [0.29, 0.717) is 0 Å². The first-order chi connectivity index (χ1) is 3.56. The van der Waals surface area contributed by atoms with Gasteiger partial charge in [0.2, 0.25) is 0 Å². The molecule has 0 radical (unpaired) electrons. The van der Waals surface area contributed by atoms with Crippen molar-refractivity contribution in [1.29, 1.82) is 0 Å². The van der Waals surface area contributed by atoms with Crippen LogP contribution in [0, 0.1) is 0 Å². The monoisotopic (exact) mass is 172 g/mol. The molecule has 0 N–H and O–H groups in total. The molecular formula is C4H7Cl2OP. The molecule has 0 aliphatic carbocycles. The maximum atomic E-state index is 10.4. The van der Waals surface area contributed by atoms with E-state index in [9.17, 15) is 4.57 Å². The fourth-order valence-electron chi connectivity index (χ4n) is 0.228.